The predicted molar refractivity (Wildman–Crippen MR) is 63.6 cm³/mol. The van der Waals surface area contributed by atoms with Crippen LogP contribution in [-0.2, 0) is 0 Å². The lowest BCUT2D eigenvalue weighted by atomic mass is 9.70. The summed E-state index contributed by atoms with van der Waals surface area (Å²) in [6.45, 7) is 9.57. The van der Waals surface area contributed by atoms with Crippen LogP contribution in [0.5, 0.6) is 0 Å². The Morgan fingerprint density at radius 2 is 2.07 bits per heavy atom. The van der Waals surface area contributed by atoms with E-state index in [1.807, 2.05) is 6.92 Å². The molecule has 0 amide bonds. The van der Waals surface area contributed by atoms with Gasteiger partial charge in [0.05, 0.1) is 6.61 Å². The van der Waals surface area contributed by atoms with Gasteiger partial charge in [0.2, 0.25) is 0 Å². The Kier molecular flexibility index (Phi) is 2.50. The average Bonchev–Trinajstić information content (AvgIpc) is 2.80. The minimum atomic E-state index is 0.216. The summed E-state index contributed by atoms with van der Waals surface area (Å²) in [7, 11) is 0. The largest absolute Gasteiger partial charge is 0.392 e. The Labute approximate surface area is 93.6 Å². The van der Waals surface area contributed by atoms with Crippen LogP contribution in [0.3, 0.4) is 0 Å². The molecule has 0 aromatic rings. The van der Waals surface area contributed by atoms with Crippen molar-refractivity contribution in [2.75, 3.05) is 6.61 Å². The number of aliphatic hydroxyl groups is 1. The number of aliphatic hydroxyl groups excluding tert-OH is 1. The lowest BCUT2D eigenvalue weighted by Gasteiger charge is -2.35. The van der Waals surface area contributed by atoms with Crippen LogP contribution in [-0.4, -0.2) is 11.7 Å². The first-order valence-electron chi connectivity index (χ1n) is 6.18. The summed E-state index contributed by atoms with van der Waals surface area (Å²) < 4.78 is 0. The fraction of sp³-hybridized carbons (Fsp3) is 0.857. The molecule has 0 saturated heterocycles. The summed E-state index contributed by atoms with van der Waals surface area (Å²) in [5, 5.41) is 8.98. The zero-order chi connectivity index (χ0) is 11.3. The van der Waals surface area contributed by atoms with Gasteiger partial charge >= 0.3 is 0 Å². The van der Waals surface area contributed by atoms with Gasteiger partial charge in [0.15, 0.2) is 0 Å². The van der Waals surface area contributed by atoms with Crippen molar-refractivity contribution in [1.29, 1.82) is 0 Å². The van der Waals surface area contributed by atoms with Crippen molar-refractivity contribution < 1.29 is 5.11 Å². The van der Waals surface area contributed by atoms with Crippen LogP contribution < -0.4 is 0 Å². The van der Waals surface area contributed by atoms with E-state index in [-0.39, 0.29) is 6.61 Å². The summed E-state index contributed by atoms with van der Waals surface area (Å²) in [6, 6.07) is 0. The minimum Gasteiger partial charge on any atom is -0.392 e. The van der Waals surface area contributed by atoms with E-state index >= 15 is 0 Å². The maximum atomic E-state index is 8.98. The van der Waals surface area contributed by atoms with Gasteiger partial charge in [-0.3, -0.25) is 0 Å². The normalized spacial score (nSPS) is 42.9. The Balaban J connectivity index is 2.02. The van der Waals surface area contributed by atoms with Crippen LogP contribution in [0.4, 0.5) is 0 Å². The topological polar surface area (TPSA) is 20.2 Å². The van der Waals surface area contributed by atoms with Crippen molar-refractivity contribution >= 4 is 0 Å². The molecule has 15 heavy (non-hydrogen) atoms. The highest BCUT2D eigenvalue weighted by atomic mass is 16.3. The molecule has 1 heteroatoms. The summed E-state index contributed by atoms with van der Waals surface area (Å²) in [4.78, 5) is 0. The van der Waals surface area contributed by atoms with Crippen LogP contribution in [0.15, 0.2) is 11.6 Å². The zero-order valence-electron chi connectivity index (χ0n) is 10.5. The lowest BCUT2D eigenvalue weighted by molar-refractivity contribution is 0.150. The number of hydrogen-bond donors (Lipinski definition) is 1. The monoisotopic (exact) mass is 208 g/mol. The third-order valence-corrected chi connectivity index (χ3v) is 5.47. The third-order valence-electron chi connectivity index (χ3n) is 5.47. The first-order valence-corrected chi connectivity index (χ1v) is 6.18. The van der Waals surface area contributed by atoms with E-state index in [0.29, 0.717) is 10.8 Å². The van der Waals surface area contributed by atoms with Crippen molar-refractivity contribution in [3.8, 4) is 0 Å². The van der Waals surface area contributed by atoms with Gasteiger partial charge in [-0.25, -0.2) is 0 Å². The Hall–Kier alpha value is -0.300. The fourth-order valence-corrected chi connectivity index (χ4v) is 3.49. The molecule has 1 N–H and O–H groups in total. The van der Waals surface area contributed by atoms with Crippen LogP contribution in [0.1, 0.15) is 47.0 Å². The van der Waals surface area contributed by atoms with Gasteiger partial charge in [0.25, 0.3) is 0 Å². The number of hydrogen-bond acceptors (Lipinski definition) is 1. The number of allylic oxidation sites excluding steroid dienone is 1. The first-order chi connectivity index (χ1) is 6.91. The molecule has 0 unspecified atom stereocenters. The van der Waals surface area contributed by atoms with E-state index in [2.05, 4.69) is 26.8 Å². The summed E-state index contributed by atoms with van der Waals surface area (Å²) in [5.41, 5.74) is 2.24. The molecule has 86 valence electrons. The van der Waals surface area contributed by atoms with Crippen molar-refractivity contribution in [1.82, 2.24) is 0 Å². The predicted octanol–water partition coefficient (Wildman–Crippen LogP) is 3.39. The highest BCUT2D eigenvalue weighted by Gasteiger charge is 2.66. The van der Waals surface area contributed by atoms with Crippen molar-refractivity contribution in [3.63, 3.8) is 0 Å². The molecule has 0 heterocycles. The number of rotatable bonds is 3. The maximum Gasteiger partial charge on any atom is 0.0639 e. The third kappa shape index (κ3) is 1.56. The maximum absolute atomic E-state index is 8.98. The van der Waals surface area contributed by atoms with E-state index in [1.54, 1.807) is 0 Å². The molecule has 0 aromatic carbocycles. The van der Waals surface area contributed by atoms with Gasteiger partial charge in [-0.2, -0.15) is 0 Å². The molecular formula is C14H24O. The SMILES string of the molecule is CC(=CC[C@H]1C[C@@H]2C[C@]2(C)C1(C)C)CO. The summed E-state index contributed by atoms with van der Waals surface area (Å²) in [6.07, 6.45) is 6.24. The molecule has 0 spiro atoms. The van der Waals surface area contributed by atoms with Crippen LogP contribution in [0, 0.1) is 22.7 Å². The van der Waals surface area contributed by atoms with E-state index in [9.17, 15) is 0 Å². The van der Waals surface area contributed by atoms with Crippen LogP contribution in [0.25, 0.3) is 0 Å². The van der Waals surface area contributed by atoms with Gasteiger partial charge in [-0.05, 0) is 48.9 Å². The van der Waals surface area contributed by atoms with Gasteiger partial charge < -0.3 is 5.11 Å². The zero-order valence-corrected chi connectivity index (χ0v) is 10.5. The average molecular weight is 208 g/mol. The molecule has 2 aliphatic carbocycles. The summed E-state index contributed by atoms with van der Waals surface area (Å²) >= 11 is 0. The molecular weight excluding hydrogens is 184 g/mol. The lowest BCUT2D eigenvalue weighted by Crippen LogP contribution is -2.27. The van der Waals surface area contributed by atoms with E-state index in [0.717, 1.165) is 23.8 Å². The second-order valence-corrected chi connectivity index (χ2v) is 6.42. The summed E-state index contributed by atoms with van der Waals surface area (Å²) in [5.74, 6) is 1.81. The Morgan fingerprint density at radius 3 is 2.53 bits per heavy atom. The molecule has 2 fully saturated rings. The Bertz CT molecular complexity index is 290. The van der Waals surface area contributed by atoms with Gasteiger partial charge in [0.1, 0.15) is 0 Å². The van der Waals surface area contributed by atoms with Crippen molar-refractivity contribution in [2.24, 2.45) is 22.7 Å². The number of fused-ring (bicyclic) bond motifs is 1. The second-order valence-electron chi connectivity index (χ2n) is 6.42. The Morgan fingerprint density at radius 1 is 1.40 bits per heavy atom. The van der Waals surface area contributed by atoms with Gasteiger partial charge in [-0.15, -0.1) is 0 Å². The second kappa shape index (κ2) is 3.35. The van der Waals surface area contributed by atoms with Crippen molar-refractivity contribution in [2.45, 2.75) is 47.0 Å². The highest BCUT2D eigenvalue weighted by Crippen LogP contribution is 2.74. The molecule has 3 atom stereocenters. The molecule has 0 aromatic heterocycles. The molecule has 2 rings (SSSR count). The van der Waals surface area contributed by atoms with Crippen molar-refractivity contribution in [3.05, 3.63) is 11.6 Å². The van der Waals surface area contributed by atoms with E-state index < -0.39 is 0 Å². The molecule has 0 bridgehead atoms. The molecule has 0 radical (unpaired) electrons. The van der Waals surface area contributed by atoms with Crippen LogP contribution >= 0.6 is 0 Å². The minimum absolute atomic E-state index is 0.216. The molecule has 2 saturated carbocycles. The quantitative estimate of drug-likeness (QED) is 0.705. The smallest absolute Gasteiger partial charge is 0.0639 e. The van der Waals surface area contributed by atoms with Crippen LogP contribution in [0.2, 0.25) is 0 Å². The first kappa shape index (κ1) is 11.2. The molecule has 0 aliphatic heterocycles. The highest BCUT2D eigenvalue weighted by molar-refractivity contribution is 5.17. The molecule has 2 aliphatic rings. The van der Waals surface area contributed by atoms with Gasteiger partial charge in [0, 0.05) is 0 Å². The fourth-order valence-electron chi connectivity index (χ4n) is 3.49. The van der Waals surface area contributed by atoms with E-state index in [1.165, 1.54) is 12.8 Å². The molecule has 1 nitrogen and oxygen atoms in total. The standard InChI is InChI=1S/C14H24O/c1-10(9-15)5-6-11-7-12-8-14(12,4)13(11,2)3/h5,11-12,15H,6-9H2,1-4H3/t11-,12+,14-/m0/s1. The van der Waals surface area contributed by atoms with Gasteiger partial charge in [-0.1, -0.05) is 32.4 Å². The van der Waals surface area contributed by atoms with E-state index in [4.69, 9.17) is 5.11 Å².